The quantitative estimate of drug-likeness (QED) is 0.544. The van der Waals surface area contributed by atoms with Crippen LogP contribution < -0.4 is 0 Å². The van der Waals surface area contributed by atoms with Crippen molar-refractivity contribution >= 4 is 40.8 Å². The largest absolute Gasteiger partial charge is 0.440 e. The number of esters is 1. The van der Waals surface area contributed by atoms with Crippen LogP contribution in [0.5, 0.6) is 0 Å². The molecule has 0 bridgehead atoms. The van der Waals surface area contributed by atoms with Crippen LogP contribution in [0.25, 0.3) is 0 Å². The summed E-state index contributed by atoms with van der Waals surface area (Å²) in [5, 5.41) is 0. The van der Waals surface area contributed by atoms with Crippen molar-refractivity contribution in [3.63, 3.8) is 0 Å². The Morgan fingerprint density at radius 2 is 2.19 bits per heavy atom. The molecule has 0 saturated carbocycles. The summed E-state index contributed by atoms with van der Waals surface area (Å²) in [5.74, 6) is -0.358. The van der Waals surface area contributed by atoms with Crippen molar-refractivity contribution in [3.8, 4) is 0 Å². The van der Waals surface area contributed by atoms with Crippen LogP contribution in [0.15, 0.2) is 0 Å². The Morgan fingerprint density at radius 3 is 2.69 bits per heavy atom. The molecule has 2 aliphatic rings. The van der Waals surface area contributed by atoms with Gasteiger partial charge in [-0.2, -0.15) is 0 Å². The maximum absolute atomic E-state index is 11.8. The molecule has 0 aromatic carbocycles. The van der Waals surface area contributed by atoms with Crippen LogP contribution in [0.3, 0.4) is 0 Å². The summed E-state index contributed by atoms with van der Waals surface area (Å²) < 4.78 is 8.72. The number of methoxy groups -OCH3 is 1. The smallest absolute Gasteiger partial charge is 0.328 e. The van der Waals surface area contributed by atoms with Gasteiger partial charge in [0, 0.05) is 20.1 Å². The fourth-order valence-corrected chi connectivity index (χ4v) is 2.78. The van der Waals surface area contributed by atoms with E-state index in [9.17, 15) is 4.79 Å². The van der Waals surface area contributed by atoms with E-state index in [2.05, 4.69) is 0 Å². The summed E-state index contributed by atoms with van der Waals surface area (Å²) in [6.45, 7) is 2.31. The Kier molecular flexibility index (Phi) is 3.09. The van der Waals surface area contributed by atoms with Crippen LogP contribution in [-0.2, 0) is 14.3 Å². The molecule has 3 atom stereocenters. The monoisotopic (exact) mass is 287 g/mol. The highest BCUT2D eigenvalue weighted by Crippen LogP contribution is 2.46. The van der Waals surface area contributed by atoms with E-state index >= 15 is 0 Å². The minimum Gasteiger partial charge on any atom is -0.440 e. The zero-order valence-corrected chi connectivity index (χ0v) is 11.1. The van der Waals surface area contributed by atoms with Gasteiger partial charge in [0.2, 0.25) is 10.0 Å². The second-order valence-electron chi connectivity index (χ2n) is 4.29. The van der Waals surface area contributed by atoms with Gasteiger partial charge in [0.25, 0.3) is 0 Å². The number of halogens is 3. The van der Waals surface area contributed by atoms with Gasteiger partial charge in [-0.05, 0) is 6.92 Å². The van der Waals surface area contributed by atoms with E-state index in [0.717, 1.165) is 0 Å². The van der Waals surface area contributed by atoms with Crippen LogP contribution >= 0.6 is 34.8 Å². The van der Waals surface area contributed by atoms with Gasteiger partial charge < -0.3 is 9.47 Å². The maximum atomic E-state index is 11.8. The zero-order chi connectivity index (χ0) is 12.1. The zero-order valence-electron chi connectivity index (χ0n) is 8.87. The molecule has 2 saturated heterocycles. The van der Waals surface area contributed by atoms with Crippen molar-refractivity contribution in [2.75, 3.05) is 13.7 Å². The molecule has 0 amide bonds. The number of hydrogen-bond donors (Lipinski definition) is 0. The molecule has 7 heteroatoms. The molecular weight excluding hydrogens is 276 g/mol. The van der Waals surface area contributed by atoms with E-state index in [1.54, 1.807) is 18.9 Å². The average molecular weight is 289 g/mol. The lowest BCUT2D eigenvalue weighted by Crippen LogP contribution is -2.47. The fraction of sp³-hybridized carbons (Fsp3) is 0.889. The first-order chi connectivity index (χ1) is 7.29. The lowest BCUT2D eigenvalue weighted by Gasteiger charge is -2.29. The Labute approximate surface area is 109 Å². The Bertz CT molecular complexity index is 320. The van der Waals surface area contributed by atoms with E-state index in [-0.39, 0.29) is 12.1 Å². The normalized spacial score (nSPS) is 39.9. The summed E-state index contributed by atoms with van der Waals surface area (Å²) in [7, 11) is 1.60. The van der Waals surface area contributed by atoms with Crippen LogP contribution in [-0.4, -0.2) is 46.2 Å². The predicted octanol–water partition coefficient (Wildman–Crippen LogP) is 1.72. The fourth-order valence-electron chi connectivity index (χ4n) is 2.29. The molecule has 92 valence electrons. The molecule has 2 rings (SSSR count). The lowest BCUT2D eigenvalue weighted by atomic mass is 9.99. The SMILES string of the molecule is CO[C@@H]1CN2[C@@H](C(Cl)(Cl)Cl)OC(=O)[C@]2(C)C1. The second kappa shape index (κ2) is 3.89. The molecule has 0 N–H and O–H groups in total. The van der Waals surface area contributed by atoms with Gasteiger partial charge in [-0.15, -0.1) is 0 Å². The summed E-state index contributed by atoms with van der Waals surface area (Å²) in [6.07, 6.45) is -0.317. The molecule has 4 nitrogen and oxygen atoms in total. The minimum absolute atomic E-state index is 0.0345. The van der Waals surface area contributed by atoms with Gasteiger partial charge in [-0.25, -0.2) is 9.69 Å². The third-order valence-corrected chi connectivity index (χ3v) is 3.77. The van der Waals surface area contributed by atoms with Gasteiger partial charge >= 0.3 is 5.97 Å². The van der Waals surface area contributed by atoms with Crippen molar-refractivity contribution in [1.82, 2.24) is 4.90 Å². The predicted molar refractivity (Wildman–Crippen MR) is 60.7 cm³/mol. The second-order valence-corrected chi connectivity index (χ2v) is 6.66. The highest BCUT2D eigenvalue weighted by atomic mass is 35.6. The van der Waals surface area contributed by atoms with Crippen LogP contribution in [0.1, 0.15) is 13.3 Å². The van der Waals surface area contributed by atoms with Crippen molar-refractivity contribution < 1.29 is 14.3 Å². The third-order valence-electron chi connectivity index (χ3n) is 3.21. The van der Waals surface area contributed by atoms with Crippen LogP contribution in [0.2, 0.25) is 0 Å². The molecule has 2 fully saturated rings. The number of alkyl halides is 3. The van der Waals surface area contributed by atoms with Gasteiger partial charge in [0.15, 0.2) is 0 Å². The van der Waals surface area contributed by atoms with E-state index in [0.29, 0.717) is 13.0 Å². The van der Waals surface area contributed by atoms with Crippen LogP contribution in [0, 0.1) is 0 Å². The number of carbonyl (C=O) groups is 1. The number of nitrogens with zero attached hydrogens (tertiary/aromatic N) is 1. The average Bonchev–Trinajstić information content (AvgIpc) is 2.60. The Balaban J connectivity index is 2.28. The summed E-state index contributed by atoms with van der Waals surface area (Å²) >= 11 is 17.4. The number of hydrogen-bond acceptors (Lipinski definition) is 4. The summed E-state index contributed by atoms with van der Waals surface area (Å²) in [4.78, 5) is 13.6. The minimum atomic E-state index is -1.64. The molecule has 2 aliphatic heterocycles. The van der Waals surface area contributed by atoms with Crippen molar-refractivity contribution in [2.45, 2.75) is 35.0 Å². The number of cyclic esters (lactones) is 1. The van der Waals surface area contributed by atoms with Crippen LogP contribution in [0.4, 0.5) is 0 Å². The van der Waals surface area contributed by atoms with Gasteiger partial charge in [-0.3, -0.25) is 0 Å². The molecule has 16 heavy (non-hydrogen) atoms. The number of carbonyl (C=O) groups excluding carboxylic acids is 1. The molecule has 0 aromatic rings. The van der Waals surface area contributed by atoms with Gasteiger partial charge in [0.05, 0.1) is 6.10 Å². The first kappa shape index (κ1) is 12.7. The molecular formula is C9H12Cl3NO3. The number of fused-ring (bicyclic) bond motifs is 1. The molecule has 0 aliphatic carbocycles. The van der Waals surface area contributed by atoms with Crippen molar-refractivity contribution in [2.24, 2.45) is 0 Å². The highest BCUT2D eigenvalue weighted by Gasteiger charge is 2.62. The number of ether oxygens (including phenoxy) is 2. The number of rotatable bonds is 1. The molecule has 0 radical (unpaired) electrons. The molecule has 0 spiro atoms. The molecule has 0 unspecified atom stereocenters. The first-order valence-corrected chi connectivity index (χ1v) is 6.00. The lowest BCUT2D eigenvalue weighted by molar-refractivity contribution is -0.145. The maximum Gasteiger partial charge on any atom is 0.328 e. The topological polar surface area (TPSA) is 38.8 Å². The third kappa shape index (κ3) is 1.81. The summed E-state index contributed by atoms with van der Waals surface area (Å²) in [6, 6.07) is 0. The van der Waals surface area contributed by atoms with E-state index < -0.39 is 15.6 Å². The highest BCUT2D eigenvalue weighted by molar-refractivity contribution is 6.68. The Hall–Kier alpha value is 0.260. The van der Waals surface area contributed by atoms with E-state index in [1.807, 2.05) is 0 Å². The Morgan fingerprint density at radius 1 is 1.56 bits per heavy atom. The van der Waals surface area contributed by atoms with Gasteiger partial charge in [-0.1, -0.05) is 34.8 Å². The first-order valence-electron chi connectivity index (χ1n) is 4.86. The van der Waals surface area contributed by atoms with Crippen molar-refractivity contribution in [1.29, 1.82) is 0 Å². The van der Waals surface area contributed by atoms with E-state index in [1.165, 1.54) is 0 Å². The van der Waals surface area contributed by atoms with Crippen molar-refractivity contribution in [3.05, 3.63) is 0 Å². The summed E-state index contributed by atoms with van der Waals surface area (Å²) in [5.41, 5.74) is -0.741. The standard InChI is InChI=1S/C9H12Cl3NO3/c1-8-3-5(15-2)4-13(8)6(9(10,11)12)16-7(8)14/h5-6H,3-4H2,1-2H3/t5-,6+,8-/m0/s1. The molecule has 0 aromatic heterocycles. The molecule has 2 heterocycles. The van der Waals surface area contributed by atoms with E-state index in [4.69, 9.17) is 44.3 Å². The van der Waals surface area contributed by atoms with Gasteiger partial charge in [0.1, 0.15) is 5.54 Å².